The highest BCUT2D eigenvalue weighted by Gasteiger charge is 2.16. The van der Waals surface area contributed by atoms with Gasteiger partial charge < -0.3 is 4.74 Å². The fraction of sp³-hybridized carbons (Fsp3) is 0.300. The highest BCUT2D eigenvalue weighted by Crippen LogP contribution is 2.40. The summed E-state index contributed by atoms with van der Waals surface area (Å²) in [5.74, 6) is 0.752. The van der Waals surface area contributed by atoms with Crippen molar-refractivity contribution in [3.05, 3.63) is 29.8 Å². The molecule has 0 aliphatic carbocycles. The van der Waals surface area contributed by atoms with E-state index in [1.54, 1.807) is 31.4 Å². The summed E-state index contributed by atoms with van der Waals surface area (Å²) in [6.07, 6.45) is 0. The van der Waals surface area contributed by atoms with Crippen LogP contribution in [0.4, 0.5) is 0 Å². The number of ether oxygens (including phenoxy) is 1. The summed E-state index contributed by atoms with van der Waals surface area (Å²) >= 11 is 5.18. The van der Waals surface area contributed by atoms with E-state index >= 15 is 0 Å². The number of carbonyl (C=O) groups excluding carboxylic acids is 1. The van der Waals surface area contributed by atoms with Crippen molar-refractivity contribution in [2.75, 3.05) is 20.4 Å². The molecule has 1 rings (SSSR count). The summed E-state index contributed by atoms with van der Waals surface area (Å²) < 4.78 is 5.01. The number of carbonyl (C=O) groups is 1. The Labute approximate surface area is 89.3 Å². The van der Waals surface area contributed by atoms with Gasteiger partial charge in [-0.15, -0.1) is 0 Å². The second kappa shape index (κ2) is 4.24. The van der Waals surface area contributed by atoms with Crippen LogP contribution < -0.4 is 4.74 Å². The smallest absolute Gasteiger partial charge is 0.193 e. The lowest BCUT2D eigenvalue weighted by Gasteiger charge is -2.08. The predicted molar refractivity (Wildman–Crippen MR) is 63.5 cm³/mol. The molecule has 14 heavy (non-hydrogen) atoms. The predicted octanol–water partition coefficient (Wildman–Crippen LogP) is 2.57. The van der Waals surface area contributed by atoms with Crippen LogP contribution in [0.3, 0.4) is 0 Å². The molecule has 0 atom stereocenters. The molecule has 0 fully saturated rings. The lowest BCUT2D eigenvalue weighted by molar-refractivity contribution is 0.108. The molecule has 1 aromatic rings. The highest BCUT2D eigenvalue weighted by molar-refractivity contribution is 8.22. The van der Waals surface area contributed by atoms with E-state index in [4.69, 9.17) is 16.5 Å². The molecule has 76 valence electrons. The molecular weight excluding hydrogens is 215 g/mol. The number of rotatable bonds is 3. The number of methoxy groups -OCH3 is 1. The molecule has 0 spiro atoms. The largest absolute Gasteiger partial charge is 0.497 e. The molecule has 0 saturated heterocycles. The summed E-state index contributed by atoms with van der Waals surface area (Å²) in [5.41, 5.74) is 0.759. The lowest BCUT2D eigenvalue weighted by atomic mass is 10.2. The van der Waals surface area contributed by atoms with Crippen molar-refractivity contribution < 1.29 is 9.53 Å². The standard InChI is InChI=1S/C10H13O2PS/c1-12-9-6-4-8(5-7-9)10(11)13(2,3)14/h4-7H,1-3H3. The molecule has 0 bridgehead atoms. The third-order valence-corrected chi connectivity index (χ3v) is 3.56. The van der Waals surface area contributed by atoms with Crippen molar-refractivity contribution in [3.8, 4) is 5.75 Å². The van der Waals surface area contributed by atoms with Crippen LogP contribution in [0.2, 0.25) is 0 Å². The van der Waals surface area contributed by atoms with E-state index in [-0.39, 0.29) is 5.52 Å². The van der Waals surface area contributed by atoms with Gasteiger partial charge in [0.15, 0.2) is 5.52 Å². The third kappa shape index (κ3) is 2.66. The number of benzene rings is 1. The van der Waals surface area contributed by atoms with Gasteiger partial charge in [-0.25, -0.2) is 0 Å². The molecule has 4 heteroatoms. The molecule has 0 aromatic heterocycles. The average Bonchev–Trinajstić information content (AvgIpc) is 2.15. The monoisotopic (exact) mass is 228 g/mol. The fourth-order valence-corrected chi connectivity index (χ4v) is 2.13. The molecule has 0 radical (unpaired) electrons. The Kier molecular flexibility index (Phi) is 3.46. The van der Waals surface area contributed by atoms with Crippen LogP contribution in [0, 0.1) is 0 Å². The van der Waals surface area contributed by atoms with Gasteiger partial charge in [-0.2, -0.15) is 0 Å². The van der Waals surface area contributed by atoms with E-state index in [1.807, 2.05) is 13.3 Å². The van der Waals surface area contributed by atoms with Crippen molar-refractivity contribution >= 4 is 23.4 Å². The zero-order chi connectivity index (χ0) is 10.8. The van der Waals surface area contributed by atoms with Crippen LogP contribution >= 0.6 is 6.04 Å². The Morgan fingerprint density at radius 2 is 1.79 bits per heavy atom. The van der Waals surface area contributed by atoms with Crippen LogP contribution in [-0.4, -0.2) is 26.0 Å². The molecule has 0 saturated carbocycles. The van der Waals surface area contributed by atoms with Gasteiger partial charge in [-0.1, -0.05) is 11.8 Å². The number of hydrogen-bond acceptors (Lipinski definition) is 3. The minimum atomic E-state index is -1.85. The molecule has 0 aliphatic rings. The Balaban J connectivity index is 2.99. The van der Waals surface area contributed by atoms with Gasteiger partial charge in [-0.3, -0.25) is 4.79 Å². The van der Waals surface area contributed by atoms with Crippen LogP contribution in [0.1, 0.15) is 10.4 Å². The van der Waals surface area contributed by atoms with Gasteiger partial charge in [-0.05, 0) is 37.6 Å². The minimum Gasteiger partial charge on any atom is -0.497 e. The first kappa shape index (κ1) is 11.4. The summed E-state index contributed by atoms with van der Waals surface area (Å²) in [5, 5.41) is 0. The molecule has 0 heterocycles. The maximum absolute atomic E-state index is 11.8. The van der Waals surface area contributed by atoms with Gasteiger partial charge in [0.2, 0.25) is 0 Å². The first-order valence-corrected chi connectivity index (χ1v) is 7.89. The normalized spacial score (nSPS) is 11.1. The molecular formula is C10H13O2PS. The van der Waals surface area contributed by atoms with Crippen LogP contribution in [0.5, 0.6) is 5.75 Å². The topological polar surface area (TPSA) is 26.3 Å². The Bertz CT molecular complexity index is 378. The highest BCUT2D eigenvalue weighted by atomic mass is 32.4. The van der Waals surface area contributed by atoms with Crippen molar-refractivity contribution in [3.63, 3.8) is 0 Å². The molecule has 0 N–H and O–H groups in total. The van der Waals surface area contributed by atoms with Crippen molar-refractivity contribution in [2.24, 2.45) is 0 Å². The van der Waals surface area contributed by atoms with Gasteiger partial charge in [0.05, 0.1) is 7.11 Å². The Morgan fingerprint density at radius 1 is 1.29 bits per heavy atom. The van der Waals surface area contributed by atoms with E-state index in [0.717, 1.165) is 5.75 Å². The summed E-state index contributed by atoms with van der Waals surface area (Å²) in [6.45, 7) is 3.68. The molecule has 0 unspecified atom stereocenters. The quantitative estimate of drug-likeness (QED) is 0.744. The fourth-order valence-electron chi connectivity index (χ4n) is 1.04. The van der Waals surface area contributed by atoms with Gasteiger partial charge in [0.25, 0.3) is 0 Å². The van der Waals surface area contributed by atoms with E-state index < -0.39 is 6.04 Å². The van der Waals surface area contributed by atoms with Crippen molar-refractivity contribution in [1.82, 2.24) is 0 Å². The van der Waals surface area contributed by atoms with E-state index in [9.17, 15) is 4.79 Å². The second-order valence-corrected chi connectivity index (χ2v) is 9.23. The minimum absolute atomic E-state index is 0.0788. The van der Waals surface area contributed by atoms with Gasteiger partial charge in [0.1, 0.15) is 5.75 Å². The van der Waals surface area contributed by atoms with Crippen molar-refractivity contribution in [2.45, 2.75) is 0 Å². The van der Waals surface area contributed by atoms with E-state index in [0.29, 0.717) is 5.56 Å². The Hall–Kier alpha value is -0.660. The third-order valence-electron chi connectivity index (χ3n) is 1.83. The van der Waals surface area contributed by atoms with E-state index in [1.165, 1.54) is 0 Å². The van der Waals surface area contributed by atoms with E-state index in [2.05, 4.69) is 0 Å². The first-order chi connectivity index (χ1) is 6.45. The van der Waals surface area contributed by atoms with Crippen LogP contribution in [0.15, 0.2) is 24.3 Å². The van der Waals surface area contributed by atoms with Crippen LogP contribution in [0.25, 0.3) is 0 Å². The summed E-state index contributed by atoms with van der Waals surface area (Å²) in [4.78, 5) is 11.8. The van der Waals surface area contributed by atoms with Crippen LogP contribution in [-0.2, 0) is 11.8 Å². The second-order valence-electron chi connectivity index (χ2n) is 3.38. The zero-order valence-electron chi connectivity index (χ0n) is 8.48. The first-order valence-electron chi connectivity index (χ1n) is 4.19. The Morgan fingerprint density at radius 3 is 2.14 bits per heavy atom. The molecule has 1 aromatic carbocycles. The van der Waals surface area contributed by atoms with Gasteiger partial charge in [0, 0.05) is 11.6 Å². The lowest BCUT2D eigenvalue weighted by Crippen LogP contribution is -1.98. The van der Waals surface area contributed by atoms with Gasteiger partial charge >= 0.3 is 0 Å². The molecule has 2 nitrogen and oxygen atoms in total. The molecule has 0 amide bonds. The maximum Gasteiger partial charge on any atom is 0.193 e. The molecule has 0 aliphatic heterocycles. The summed E-state index contributed by atoms with van der Waals surface area (Å²) in [7, 11) is 1.60. The SMILES string of the molecule is COc1ccc(C(=O)P(C)(C)=S)cc1. The van der Waals surface area contributed by atoms with Crippen molar-refractivity contribution in [1.29, 1.82) is 0 Å². The zero-order valence-corrected chi connectivity index (χ0v) is 10.2. The average molecular weight is 228 g/mol. The summed E-state index contributed by atoms with van der Waals surface area (Å²) in [6, 6.07) is 5.22. The maximum atomic E-state index is 11.8. The number of hydrogen-bond donors (Lipinski definition) is 0.